The fraction of sp³-hybridized carbons (Fsp3) is 0.636. The average molecular weight is 243 g/mol. The van der Waals surface area contributed by atoms with Crippen LogP contribution in [0, 0.1) is 5.92 Å². The molecular formula is C11H14FNO4. The third kappa shape index (κ3) is 1.77. The fourth-order valence-electron chi connectivity index (χ4n) is 2.75. The summed E-state index contributed by atoms with van der Waals surface area (Å²) in [5.41, 5.74) is 0. The van der Waals surface area contributed by atoms with E-state index < -0.39 is 23.9 Å². The molecule has 1 heterocycles. The number of carboxylic acid groups (broad SMARTS) is 1. The third-order valence-corrected chi connectivity index (χ3v) is 3.40. The van der Waals surface area contributed by atoms with Gasteiger partial charge in [0.15, 0.2) is 5.79 Å². The lowest BCUT2D eigenvalue weighted by Crippen LogP contribution is -2.53. The van der Waals surface area contributed by atoms with Crippen LogP contribution in [0.5, 0.6) is 0 Å². The van der Waals surface area contributed by atoms with Crippen molar-refractivity contribution in [2.45, 2.75) is 31.1 Å². The molecule has 0 radical (unpaired) electrons. The molecule has 5 nitrogen and oxygen atoms in total. The molecule has 6 heteroatoms. The van der Waals surface area contributed by atoms with Crippen molar-refractivity contribution in [2.75, 3.05) is 6.61 Å². The maximum Gasteiger partial charge on any atom is 0.413 e. The highest BCUT2D eigenvalue weighted by Crippen LogP contribution is 2.51. The van der Waals surface area contributed by atoms with Gasteiger partial charge in [0.1, 0.15) is 12.6 Å². The number of nitrogens with zero attached hydrogens (tertiary/aromatic N) is 1. The molecule has 17 heavy (non-hydrogen) atoms. The smallest absolute Gasteiger partial charge is 0.413 e. The number of ether oxygens (including phenoxy) is 1. The summed E-state index contributed by atoms with van der Waals surface area (Å²) in [4.78, 5) is 23.5. The first-order valence-corrected chi connectivity index (χ1v) is 5.48. The van der Waals surface area contributed by atoms with Crippen LogP contribution in [0.1, 0.15) is 19.3 Å². The van der Waals surface area contributed by atoms with Gasteiger partial charge in [0.2, 0.25) is 0 Å². The van der Waals surface area contributed by atoms with E-state index in [0.29, 0.717) is 6.42 Å². The fourth-order valence-corrected chi connectivity index (χ4v) is 2.75. The molecule has 0 spiro atoms. The Morgan fingerprint density at radius 1 is 1.65 bits per heavy atom. The van der Waals surface area contributed by atoms with Gasteiger partial charge < -0.3 is 9.84 Å². The summed E-state index contributed by atoms with van der Waals surface area (Å²) in [6, 6.07) is -1.11. The van der Waals surface area contributed by atoms with Gasteiger partial charge in [-0.05, 0) is 12.3 Å². The van der Waals surface area contributed by atoms with E-state index in [-0.39, 0.29) is 25.4 Å². The molecule has 94 valence electrons. The summed E-state index contributed by atoms with van der Waals surface area (Å²) in [5, 5.41) is 9.06. The predicted octanol–water partition coefficient (Wildman–Crippen LogP) is 1.54. The van der Waals surface area contributed by atoms with Crippen LogP contribution in [0.3, 0.4) is 0 Å². The highest BCUT2D eigenvalue weighted by molar-refractivity contribution is 5.82. The van der Waals surface area contributed by atoms with Crippen LogP contribution in [-0.4, -0.2) is 40.5 Å². The van der Waals surface area contributed by atoms with E-state index in [9.17, 15) is 14.0 Å². The molecule has 1 amide bonds. The molecule has 2 bridgehead atoms. The van der Waals surface area contributed by atoms with E-state index >= 15 is 0 Å². The summed E-state index contributed by atoms with van der Waals surface area (Å²) < 4.78 is 19.1. The van der Waals surface area contributed by atoms with E-state index in [1.54, 1.807) is 0 Å². The Balaban J connectivity index is 2.20. The first-order valence-electron chi connectivity index (χ1n) is 5.48. The van der Waals surface area contributed by atoms with Gasteiger partial charge in [0.25, 0.3) is 0 Å². The zero-order valence-corrected chi connectivity index (χ0v) is 9.26. The first-order chi connectivity index (χ1) is 7.99. The Morgan fingerprint density at radius 3 is 2.94 bits per heavy atom. The van der Waals surface area contributed by atoms with Crippen LogP contribution >= 0.6 is 0 Å². The minimum Gasteiger partial charge on any atom is -0.480 e. The predicted molar refractivity (Wildman–Crippen MR) is 56.0 cm³/mol. The number of rotatable bonds is 3. The van der Waals surface area contributed by atoms with Crippen LogP contribution in [-0.2, 0) is 9.53 Å². The molecule has 0 aromatic carbocycles. The molecule has 0 unspecified atom stereocenters. The summed E-state index contributed by atoms with van der Waals surface area (Å²) in [6.45, 7) is 3.32. The minimum atomic E-state index is -1.86. The maximum absolute atomic E-state index is 14.4. The number of carboxylic acids is 1. The molecule has 0 aromatic rings. The molecule has 2 rings (SSSR count). The minimum absolute atomic E-state index is 0.0532. The Morgan fingerprint density at radius 2 is 2.35 bits per heavy atom. The van der Waals surface area contributed by atoms with Crippen molar-refractivity contribution < 1.29 is 23.8 Å². The number of hydrogen-bond donors (Lipinski definition) is 1. The molecule has 1 aliphatic heterocycles. The van der Waals surface area contributed by atoms with Crippen molar-refractivity contribution in [1.29, 1.82) is 0 Å². The second-order valence-corrected chi connectivity index (χ2v) is 4.44. The first kappa shape index (κ1) is 11.9. The van der Waals surface area contributed by atoms with Gasteiger partial charge in [0.05, 0.1) is 0 Å². The van der Waals surface area contributed by atoms with Crippen molar-refractivity contribution in [3.05, 3.63) is 12.7 Å². The molecule has 3 atom stereocenters. The average Bonchev–Trinajstić information content (AvgIpc) is 2.78. The Hall–Kier alpha value is -1.59. The zero-order chi connectivity index (χ0) is 12.6. The molecule has 1 aliphatic carbocycles. The van der Waals surface area contributed by atoms with E-state index in [1.165, 1.54) is 6.08 Å². The van der Waals surface area contributed by atoms with Crippen molar-refractivity contribution in [1.82, 2.24) is 4.90 Å². The SMILES string of the molecule is C=CCOC(=O)N1[C@H](C(=O)O)[C@@H]2CC[C@@]1(F)C2. The zero-order valence-electron chi connectivity index (χ0n) is 9.26. The number of amides is 1. The number of hydrogen-bond acceptors (Lipinski definition) is 3. The molecule has 2 aliphatic rings. The molecule has 2 fully saturated rings. The van der Waals surface area contributed by atoms with E-state index in [2.05, 4.69) is 6.58 Å². The topological polar surface area (TPSA) is 66.8 Å². The van der Waals surface area contributed by atoms with Gasteiger partial charge >= 0.3 is 12.1 Å². The Labute approximate surface area is 97.8 Å². The van der Waals surface area contributed by atoms with Crippen molar-refractivity contribution in [3.8, 4) is 0 Å². The summed E-state index contributed by atoms with van der Waals surface area (Å²) in [7, 11) is 0. The second-order valence-electron chi connectivity index (χ2n) is 4.44. The summed E-state index contributed by atoms with van der Waals surface area (Å²) in [6.07, 6.45) is 1.21. The summed E-state index contributed by atoms with van der Waals surface area (Å²) >= 11 is 0. The third-order valence-electron chi connectivity index (χ3n) is 3.40. The lowest BCUT2D eigenvalue weighted by Gasteiger charge is -2.35. The van der Waals surface area contributed by atoms with Crippen LogP contribution in [0.25, 0.3) is 0 Å². The highest BCUT2D eigenvalue weighted by atomic mass is 19.1. The lowest BCUT2D eigenvalue weighted by atomic mass is 9.99. The number of halogens is 1. The number of piperidine rings is 1. The number of likely N-dealkylation sites (tertiary alicyclic amines) is 1. The standard InChI is InChI=1S/C11H14FNO4/c1-2-5-17-10(16)13-8(9(14)15)7-3-4-11(13,12)6-7/h2,7-8H,1,3-6H2,(H,14,15)/t7-,8+,11+/m1/s1. The number of aliphatic carboxylic acids is 1. The van der Waals surface area contributed by atoms with Gasteiger partial charge in [-0.15, -0.1) is 0 Å². The van der Waals surface area contributed by atoms with E-state index in [1.807, 2.05) is 0 Å². The van der Waals surface area contributed by atoms with Crippen molar-refractivity contribution in [3.63, 3.8) is 0 Å². The van der Waals surface area contributed by atoms with E-state index in [0.717, 1.165) is 4.90 Å². The van der Waals surface area contributed by atoms with Crippen LogP contribution in [0.15, 0.2) is 12.7 Å². The normalized spacial score (nSPS) is 34.8. The molecule has 1 saturated carbocycles. The quantitative estimate of drug-likeness (QED) is 0.603. The van der Waals surface area contributed by atoms with Crippen LogP contribution < -0.4 is 0 Å². The molecular weight excluding hydrogens is 229 g/mol. The van der Waals surface area contributed by atoms with Crippen molar-refractivity contribution in [2.24, 2.45) is 5.92 Å². The maximum atomic E-state index is 14.4. The van der Waals surface area contributed by atoms with Gasteiger partial charge in [-0.1, -0.05) is 12.7 Å². The summed E-state index contributed by atoms with van der Waals surface area (Å²) in [5.74, 6) is -3.34. The van der Waals surface area contributed by atoms with Crippen LogP contribution in [0.2, 0.25) is 0 Å². The number of alkyl halides is 1. The van der Waals surface area contributed by atoms with Crippen LogP contribution in [0.4, 0.5) is 9.18 Å². The Kier molecular flexibility index (Phi) is 2.81. The van der Waals surface area contributed by atoms with Gasteiger partial charge in [-0.2, -0.15) is 0 Å². The number of carbonyl (C=O) groups is 2. The lowest BCUT2D eigenvalue weighted by molar-refractivity contribution is -0.148. The van der Waals surface area contributed by atoms with Gasteiger partial charge in [-0.3, -0.25) is 4.90 Å². The Bertz CT molecular complexity index is 372. The van der Waals surface area contributed by atoms with E-state index in [4.69, 9.17) is 9.84 Å². The molecule has 1 N–H and O–H groups in total. The second kappa shape index (κ2) is 4.01. The monoisotopic (exact) mass is 243 g/mol. The van der Waals surface area contributed by atoms with Gasteiger partial charge in [0, 0.05) is 12.8 Å². The van der Waals surface area contributed by atoms with Crippen molar-refractivity contribution >= 4 is 12.1 Å². The largest absolute Gasteiger partial charge is 0.480 e. The highest BCUT2D eigenvalue weighted by Gasteiger charge is 2.62. The molecule has 0 aromatic heterocycles. The number of fused-ring (bicyclic) bond motifs is 2. The van der Waals surface area contributed by atoms with Gasteiger partial charge in [-0.25, -0.2) is 14.0 Å². The molecule has 1 saturated heterocycles. The number of carbonyl (C=O) groups excluding carboxylic acids is 1.